The quantitative estimate of drug-likeness (QED) is 0.872. The molecule has 1 unspecified atom stereocenters. The third kappa shape index (κ3) is 3.94. The molecule has 110 valence electrons. The number of urea groups is 1. The first-order chi connectivity index (χ1) is 9.36. The number of halogens is 1. The van der Waals surface area contributed by atoms with E-state index >= 15 is 0 Å². The average Bonchev–Trinajstić information content (AvgIpc) is 2.34. The van der Waals surface area contributed by atoms with Crippen LogP contribution in [0, 0.1) is 12.7 Å². The van der Waals surface area contributed by atoms with E-state index in [1.807, 2.05) is 0 Å². The fourth-order valence-electron chi connectivity index (χ4n) is 1.99. The normalized spacial score (nSPS) is 11.8. The van der Waals surface area contributed by atoms with Gasteiger partial charge in [0.25, 0.3) is 0 Å². The maximum atomic E-state index is 13.7. The number of amides is 2. The summed E-state index contributed by atoms with van der Waals surface area (Å²) in [4.78, 5) is 24.2. The molecule has 20 heavy (non-hydrogen) atoms. The number of carboxylic acids is 1. The molecule has 1 atom stereocenters. The predicted molar refractivity (Wildman–Crippen MR) is 74.3 cm³/mol. The maximum absolute atomic E-state index is 13.7. The van der Waals surface area contributed by atoms with Gasteiger partial charge in [0.05, 0.1) is 12.1 Å². The smallest absolute Gasteiger partial charge is 0.322 e. The van der Waals surface area contributed by atoms with Crippen molar-refractivity contribution in [3.8, 4) is 0 Å². The van der Waals surface area contributed by atoms with Crippen LogP contribution in [0.1, 0.15) is 25.8 Å². The molecular weight excluding hydrogens is 263 g/mol. The second-order valence-corrected chi connectivity index (χ2v) is 4.59. The fraction of sp³-hybridized carbons (Fsp3) is 0.429. The Morgan fingerprint density at radius 3 is 2.60 bits per heavy atom. The van der Waals surface area contributed by atoms with Gasteiger partial charge in [-0.1, -0.05) is 12.1 Å². The highest BCUT2D eigenvalue weighted by Gasteiger charge is 2.22. The van der Waals surface area contributed by atoms with E-state index < -0.39 is 23.9 Å². The van der Waals surface area contributed by atoms with Crippen LogP contribution >= 0.6 is 0 Å². The molecule has 2 amide bonds. The number of hydrogen-bond donors (Lipinski definition) is 2. The number of aryl methyl sites for hydroxylation is 1. The molecule has 0 aliphatic heterocycles. The molecule has 1 rings (SSSR count). The second kappa shape index (κ2) is 6.88. The summed E-state index contributed by atoms with van der Waals surface area (Å²) in [5.74, 6) is -1.49. The van der Waals surface area contributed by atoms with Crippen molar-refractivity contribution in [2.45, 2.75) is 33.2 Å². The van der Waals surface area contributed by atoms with Gasteiger partial charge < -0.3 is 15.3 Å². The van der Waals surface area contributed by atoms with Crippen LogP contribution in [-0.4, -0.2) is 34.6 Å². The minimum absolute atomic E-state index is 0.124. The van der Waals surface area contributed by atoms with Gasteiger partial charge in [-0.3, -0.25) is 4.79 Å². The number of rotatable bonds is 5. The summed E-state index contributed by atoms with van der Waals surface area (Å²) in [6.07, 6.45) is -0.155. The van der Waals surface area contributed by atoms with E-state index in [2.05, 4.69) is 5.32 Å². The van der Waals surface area contributed by atoms with Gasteiger partial charge in [0.15, 0.2) is 0 Å². The molecular formula is C14H19FN2O3. The Bertz CT molecular complexity index is 485. The van der Waals surface area contributed by atoms with Crippen LogP contribution in [-0.2, 0) is 4.79 Å². The third-order valence-electron chi connectivity index (χ3n) is 3.06. The highest BCUT2D eigenvalue weighted by Crippen LogP contribution is 2.19. The lowest BCUT2D eigenvalue weighted by Gasteiger charge is -2.27. The van der Waals surface area contributed by atoms with Crippen molar-refractivity contribution in [2.75, 3.05) is 11.9 Å². The zero-order valence-corrected chi connectivity index (χ0v) is 11.8. The molecule has 0 spiro atoms. The molecule has 2 N–H and O–H groups in total. The van der Waals surface area contributed by atoms with Crippen LogP contribution in [0.25, 0.3) is 0 Å². The zero-order valence-electron chi connectivity index (χ0n) is 11.8. The van der Waals surface area contributed by atoms with Crippen LogP contribution in [0.5, 0.6) is 0 Å². The SMILES string of the molecule is CCN(C(=O)Nc1c(C)cccc1F)C(C)CC(=O)O. The molecule has 0 bridgehead atoms. The van der Waals surface area contributed by atoms with E-state index in [1.165, 1.54) is 11.0 Å². The Balaban J connectivity index is 2.85. The Kier molecular flexibility index (Phi) is 5.49. The number of carbonyl (C=O) groups excluding carboxylic acids is 1. The number of carbonyl (C=O) groups is 2. The summed E-state index contributed by atoms with van der Waals surface area (Å²) in [7, 11) is 0. The molecule has 0 aliphatic rings. The highest BCUT2D eigenvalue weighted by molar-refractivity contribution is 5.90. The number of nitrogens with zero attached hydrogens (tertiary/aromatic N) is 1. The molecule has 0 heterocycles. The van der Waals surface area contributed by atoms with Crippen molar-refractivity contribution >= 4 is 17.7 Å². The molecule has 0 aliphatic carbocycles. The molecule has 6 heteroatoms. The monoisotopic (exact) mass is 282 g/mol. The van der Waals surface area contributed by atoms with E-state index in [4.69, 9.17) is 5.11 Å². The van der Waals surface area contributed by atoms with Crippen molar-refractivity contribution < 1.29 is 19.1 Å². The Morgan fingerprint density at radius 2 is 2.10 bits per heavy atom. The number of benzene rings is 1. The van der Waals surface area contributed by atoms with Gasteiger partial charge in [-0.25, -0.2) is 9.18 Å². The predicted octanol–water partition coefficient (Wildman–Crippen LogP) is 2.85. The maximum Gasteiger partial charge on any atom is 0.322 e. The van der Waals surface area contributed by atoms with E-state index in [-0.39, 0.29) is 12.1 Å². The van der Waals surface area contributed by atoms with Crippen molar-refractivity contribution in [1.82, 2.24) is 4.90 Å². The highest BCUT2D eigenvalue weighted by atomic mass is 19.1. The van der Waals surface area contributed by atoms with Crippen LogP contribution in [0.2, 0.25) is 0 Å². The summed E-state index contributed by atoms with van der Waals surface area (Å²) < 4.78 is 13.7. The fourth-order valence-corrected chi connectivity index (χ4v) is 1.99. The molecule has 1 aromatic carbocycles. The molecule has 0 saturated heterocycles. The summed E-state index contributed by atoms with van der Waals surface area (Å²) in [5, 5.41) is 11.3. The number of anilines is 1. The van der Waals surface area contributed by atoms with Gasteiger partial charge in [-0.2, -0.15) is 0 Å². The Hall–Kier alpha value is -2.11. The first-order valence-corrected chi connectivity index (χ1v) is 6.41. The number of carboxylic acid groups (broad SMARTS) is 1. The van der Waals surface area contributed by atoms with Crippen molar-refractivity contribution in [1.29, 1.82) is 0 Å². The lowest BCUT2D eigenvalue weighted by Crippen LogP contribution is -2.42. The molecule has 5 nitrogen and oxygen atoms in total. The van der Waals surface area contributed by atoms with Gasteiger partial charge >= 0.3 is 12.0 Å². The number of aliphatic carboxylic acids is 1. The van der Waals surface area contributed by atoms with E-state index in [0.717, 1.165) is 0 Å². The van der Waals surface area contributed by atoms with E-state index in [0.29, 0.717) is 12.1 Å². The number of nitrogens with one attached hydrogen (secondary N) is 1. The third-order valence-corrected chi connectivity index (χ3v) is 3.06. The summed E-state index contributed by atoms with van der Waals surface area (Å²) in [5.41, 5.74) is 0.735. The first kappa shape index (κ1) is 15.9. The lowest BCUT2D eigenvalue weighted by molar-refractivity contribution is -0.137. The zero-order chi connectivity index (χ0) is 15.3. The number of para-hydroxylation sites is 1. The van der Waals surface area contributed by atoms with Gasteiger partial charge in [0.1, 0.15) is 5.82 Å². The summed E-state index contributed by atoms with van der Waals surface area (Å²) in [6.45, 7) is 5.42. The van der Waals surface area contributed by atoms with Crippen molar-refractivity contribution in [3.63, 3.8) is 0 Å². The Morgan fingerprint density at radius 1 is 1.45 bits per heavy atom. The first-order valence-electron chi connectivity index (χ1n) is 6.41. The topological polar surface area (TPSA) is 69.6 Å². The Labute approximate surface area is 117 Å². The summed E-state index contributed by atoms with van der Waals surface area (Å²) in [6, 6.07) is 3.54. The van der Waals surface area contributed by atoms with E-state index in [9.17, 15) is 14.0 Å². The van der Waals surface area contributed by atoms with Gasteiger partial charge in [-0.15, -0.1) is 0 Å². The van der Waals surface area contributed by atoms with E-state index in [1.54, 1.807) is 32.9 Å². The van der Waals surface area contributed by atoms with Gasteiger partial charge in [0.2, 0.25) is 0 Å². The van der Waals surface area contributed by atoms with Gasteiger partial charge in [0, 0.05) is 12.6 Å². The van der Waals surface area contributed by atoms with Gasteiger partial charge in [-0.05, 0) is 32.4 Å². The van der Waals surface area contributed by atoms with Crippen LogP contribution in [0.4, 0.5) is 14.9 Å². The largest absolute Gasteiger partial charge is 0.481 e. The minimum atomic E-state index is -0.981. The van der Waals surface area contributed by atoms with Crippen molar-refractivity contribution in [3.05, 3.63) is 29.6 Å². The summed E-state index contributed by atoms with van der Waals surface area (Å²) >= 11 is 0. The second-order valence-electron chi connectivity index (χ2n) is 4.59. The standard InChI is InChI=1S/C14H19FN2O3/c1-4-17(10(3)8-12(18)19)14(20)16-13-9(2)6-5-7-11(13)15/h5-7,10H,4,8H2,1-3H3,(H,16,20)(H,18,19). The van der Waals surface area contributed by atoms with Crippen molar-refractivity contribution in [2.24, 2.45) is 0 Å². The number of hydrogen-bond acceptors (Lipinski definition) is 2. The molecule has 0 fully saturated rings. The average molecular weight is 282 g/mol. The molecule has 1 aromatic rings. The molecule has 0 saturated carbocycles. The van der Waals surface area contributed by atoms with Crippen LogP contribution in [0.15, 0.2) is 18.2 Å². The van der Waals surface area contributed by atoms with Crippen LogP contribution < -0.4 is 5.32 Å². The minimum Gasteiger partial charge on any atom is -0.481 e. The molecule has 0 radical (unpaired) electrons. The molecule has 0 aromatic heterocycles. The van der Waals surface area contributed by atoms with Crippen LogP contribution in [0.3, 0.4) is 0 Å². The lowest BCUT2D eigenvalue weighted by atomic mass is 10.2.